The molecule has 0 saturated heterocycles. The van der Waals surface area contributed by atoms with Crippen LogP contribution in [0.15, 0.2) is 55.1 Å². The largest absolute Gasteiger partial charge is 0.0985 e. The van der Waals surface area contributed by atoms with Crippen molar-refractivity contribution < 1.29 is 0 Å². The molecule has 0 amide bonds. The van der Waals surface area contributed by atoms with Crippen LogP contribution < -0.4 is 0 Å². The fourth-order valence-corrected chi connectivity index (χ4v) is 5.27. The van der Waals surface area contributed by atoms with Crippen LogP contribution in [0.1, 0.15) is 89.5 Å². The van der Waals surface area contributed by atoms with Crippen molar-refractivity contribution in [2.24, 2.45) is 5.92 Å². The minimum Gasteiger partial charge on any atom is -0.0985 e. The Morgan fingerprint density at radius 1 is 0.765 bits per heavy atom. The second-order valence-electron chi connectivity index (χ2n) is 9.75. The molecule has 4 rings (SSSR count). The summed E-state index contributed by atoms with van der Waals surface area (Å²) in [4.78, 5) is 0. The van der Waals surface area contributed by atoms with Gasteiger partial charge in [-0.3, -0.25) is 0 Å². The van der Waals surface area contributed by atoms with Crippen molar-refractivity contribution in [3.63, 3.8) is 0 Å². The van der Waals surface area contributed by atoms with Crippen LogP contribution in [0.5, 0.6) is 0 Å². The SMILES string of the molecule is C=Cc1cc2c(CCCC)c3cc4ccccc4cc3c(CCCC(C)C)c2cc1CC.CC. The van der Waals surface area contributed by atoms with Crippen LogP contribution in [-0.2, 0) is 19.3 Å². The van der Waals surface area contributed by atoms with Crippen molar-refractivity contribution in [1.29, 1.82) is 0 Å². The molecule has 0 saturated carbocycles. The van der Waals surface area contributed by atoms with Gasteiger partial charge in [-0.25, -0.2) is 0 Å². The summed E-state index contributed by atoms with van der Waals surface area (Å²) in [7, 11) is 0. The quantitative estimate of drug-likeness (QED) is 0.221. The van der Waals surface area contributed by atoms with E-state index in [-0.39, 0.29) is 0 Å². The Morgan fingerprint density at radius 3 is 1.79 bits per heavy atom. The van der Waals surface area contributed by atoms with Crippen LogP contribution >= 0.6 is 0 Å². The Kier molecular flexibility index (Phi) is 9.34. The molecule has 34 heavy (non-hydrogen) atoms. The number of aryl methyl sites for hydroxylation is 3. The van der Waals surface area contributed by atoms with E-state index in [4.69, 9.17) is 0 Å². The van der Waals surface area contributed by atoms with E-state index in [1.807, 2.05) is 19.9 Å². The van der Waals surface area contributed by atoms with Crippen LogP contribution in [-0.4, -0.2) is 0 Å². The first-order chi connectivity index (χ1) is 16.6. The molecule has 0 unspecified atom stereocenters. The molecule has 0 radical (unpaired) electrons. The van der Waals surface area contributed by atoms with Crippen molar-refractivity contribution in [1.82, 2.24) is 0 Å². The van der Waals surface area contributed by atoms with Gasteiger partial charge in [-0.15, -0.1) is 0 Å². The molecule has 0 aliphatic rings. The van der Waals surface area contributed by atoms with E-state index in [2.05, 4.69) is 82.8 Å². The highest BCUT2D eigenvalue weighted by atomic mass is 14.2. The van der Waals surface area contributed by atoms with Gasteiger partial charge in [-0.1, -0.05) is 97.4 Å². The monoisotopic (exact) mass is 452 g/mol. The Bertz CT molecular complexity index is 1260. The number of fused-ring (bicyclic) bond motifs is 3. The van der Waals surface area contributed by atoms with Gasteiger partial charge in [0.05, 0.1) is 0 Å². The normalized spacial score (nSPS) is 11.3. The molecule has 4 aromatic rings. The number of hydrogen-bond donors (Lipinski definition) is 0. The van der Waals surface area contributed by atoms with Crippen LogP contribution in [0.2, 0.25) is 0 Å². The van der Waals surface area contributed by atoms with Crippen molar-refractivity contribution in [2.75, 3.05) is 0 Å². The average Bonchev–Trinajstić information content (AvgIpc) is 2.87. The molecular weight excluding hydrogens is 408 g/mol. The molecule has 0 bridgehead atoms. The summed E-state index contributed by atoms with van der Waals surface area (Å²) in [5.74, 6) is 0.746. The summed E-state index contributed by atoms with van der Waals surface area (Å²) in [6, 6.07) is 18.7. The van der Waals surface area contributed by atoms with Gasteiger partial charge in [0.15, 0.2) is 0 Å². The van der Waals surface area contributed by atoms with E-state index in [1.165, 1.54) is 74.7 Å². The van der Waals surface area contributed by atoms with Crippen LogP contribution in [0, 0.1) is 5.92 Å². The zero-order valence-electron chi connectivity index (χ0n) is 22.4. The first kappa shape index (κ1) is 26.0. The summed E-state index contributed by atoms with van der Waals surface area (Å²) in [5, 5.41) is 8.56. The Balaban J connectivity index is 0.00000158. The minimum atomic E-state index is 0.746. The van der Waals surface area contributed by atoms with Crippen LogP contribution in [0.25, 0.3) is 38.4 Å². The Morgan fingerprint density at radius 2 is 1.29 bits per heavy atom. The van der Waals surface area contributed by atoms with Gasteiger partial charge in [-0.05, 0) is 111 Å². The van der Waals surface area contributed by atoms with E-state index < -0.39 is 0 Å². The summed E-state index contributed by atoms with van der Waals surface area (Å²) in [6.07, 6.45) is 10.3. The van der Waals surface area contributed by atoms with Gasteiger partial charge in [0, 0.05) is 0 Å². The van der Waals surface area contributed by atoms with Gasteiger partial charge in [-0.2, -0.15) is 0 Å². The molecule has 0 aliphatic carbocycles. The molecule has 180 valence electrons. The highest BCUT2D eigenvalue weighted by molar-refractivity contribution is 6.11. The molecule has 0 atom stereocenters. The first-order valence-corrected chi connectivity index (χ1v) is 13.6. The molecule has 0 nitrogen and oxygen atoms in total. The molecule has 0 aliphatic heterocycles. The van der Waals surface area contributed by atoms with Gasteiger partial charge in [0.2, 0.25) is 0 Å². The topological polar surface area (TPSA) is 0 Å². The van der Waals surface area contributed by atoms with E-state index in [9.17, 15) is 0 Å². The third-order valence-corrected chi connectivity index (χ3v) is 7.06. The zero-order chi connectivity index (χ0) is 24.7. The van der Waals surface area contributed by atoms with Crippen LogP contribution in [0.3, 0.4) is 0 Å². The minimum absolute atomic E-state index is 0.746. The summed E-state index contributed by atoms with van der Waals surface area (Å²) < 4.78 is 0. The second kappa shape index (κ2) is 12.2. The smallest absolute Gasteiger partial charge is 0.0136 e. The fourth-order valence-electron chi connectivity index (χ4n) is 5.27. The number of unbranched alkanes of at least 4 members (excludes halogenated alkanes) is 1. The fraction of sp³-hybridized carbons (Fsp3) is 0.412. The molecule has 4 aromatic carbocycles. The van der Waals surface area contributed by atoms with E-state index in [1.54, 1.807) is 5.56 Å². The third-order valence-electron chi connectivity index (χ3n) is 7.06. The molecule has 0 aromatic heterocycles. The van der Waals surface area contributed by atoms with Gasteiger partial charge in [0.25, 0.3) is 0 Å². The number of rotatable bonds is 9. The van der Waals surface area contributed by atoms with Crippen molar-refractivity contribution in [3.8, 4) is 0 Å². The Labute approximate surface area is 208 Å². The highest BCUT2D eigenvalue weighted by Gasteiger charge is 2.16. The lowest BCUT2D eigenvalue weighted by Crippen LogP contribution is -2.00. The van der Waals surface area contributed by atoms with Crippen molar-refractivity contribution >= 4 is 38.4 Å². The maximum Gasteiger partial charge on any atom is -0.0136 e. The van der Waals surface area contributed by atoms with Crippen molar-refractivity contribution in [2.45, 2.75) is 86.5 Å². The summed E-state index contributed by atoms with van der Waals surface area (Å²) in [6.45, 7) is 17.4. The summed E-state index contributed by atoms with van der Waals surface area (Å²) in [5.41, 5.74) is 5.79. The summed E-state index contributed by atoms with van der Waals surface area (Å²) >= 11 is 0. The lowest BCUT2D eigenvalue weighted by atomic mass is 9.84. The molecule has 0 heterocycles. The molecule has 0 spiro atoms. The second-order valence-corrected chi connectivity index (χ2v) is 9.75. The lowest BCUT2D eigenvalue weighted by molar-refractivity contribution is 0.557. The standard InChI is InChI=1S/C32H38.C2H6/c1-6-9-16-27-29-18-23(7-2)24(8-3)19-30(29)28(17-12-13-22(4)5)32-21-26-15-11-10-14-25(26)20-31(27)32;1-2/h7,10-11,14-15,18-22H,2,6,8-9,12-13,16-17H2,1,3-5H3;1-2H3. The Hall–Kier alpha value is -2.60. The van der Waals surface area contributed by atoms with Gasteiger partial charge >= 0.3 is 0 Å². The molecular formula is C34H44. The van der Waals surface area contributed by atoms with E-state index >= 15 is 0 Å². The van der Waals surface area contributed by atoms with Gasteiger partial charge in [0.1, 0.15) is 0 Å². The highest BCUT2D eigenvalue weighted by Crippen LogP contribution is 2.39. The maximum atomic E-state index is 4.13. The molecule has 0 heteroatoms. The van der Waals surface area contributed by atoms with Crippen molar-refractivity contribution in [3.05, 3.63) is 77.4 Å². The first-order valence-electron chi connectivity index (χ1n) is 13.6. The average molecular weight is 453 g/mol. The predicted octanol–water partition coefficient (Wildman–Crippen LogP) is 10.7. The van der Waals surface area contributed by atoms with Crippen LogP contribution in [0.4, 0.5) is 0 Å². The van der Waals surface area contributed by atoms with Gasteiger partial charge < -0.3 is 0 Å². The maximum absolute atomic E-state index is 4.13. The predicted molar refractivity (Wildman–Crippen MR) is 156 cm³/mol. The number of benzene rings is 4. The zero-order valence-corrected chi connectivity index (χ0v) is 22.4. The van der Waals surface area contributed by atoms with E-state index in [0.29, 0.717) is 0 Å². The molecule has 0 N–H and O–H groups in total. The lowest BCUT2D eigenvalue weighted by Gasteiger charge is -2.20. The molecule has 0 fully saturated rings. The number of hydrogen-bond acceptors (Lipinski definition) is 0. The van der Waals surface area contributed by atoms with E-state index in [0.717, 1.165) is 25.2 Å². The third kappa shape index (κ3) is 5.38.